The van der Waals surface area contributed by atoms with Gasteiger partial charge in [-0.05, 0) is 25.7 Å². The van der Waals surface area contributed by atoms with Crippen molar-refractivity contribution >= 4 is 29.3 Å². The summed E-state index contributed by atoms with van der Waals surface area (Å²) < 4.78 is 4.94. The molecule has 1 aliphatic heterocycles. The van der Waals surface area contributed by atoms with Crippen LogP contribution in [0.3, 0.4) is 0 Å². The Kier molecular flexibility index (Phi) is 6.33. The molecule has 1 saturated heterocycles. The zero-order chi connectivity index (χ0) is 19.4. The molecule has 10 heteroatoms. The molecule has 4 N–H and O–H groups in total. The van der Waals surface area contributed by atoms with E-state index in [4.69, 9.17) is 16.1 Å². The van der Waals surface area contributed by atoms with Crippen LogP contribution in [-0.4, -0.2) is 52.2 Å². The van der Waals surface area contributed by atoms with Gasteiger partial charge in [-0.1, -0.05) is 16.8 Å². The fraction of sp³-hybridized carbons (Fsp3) is 0.647. The Balaban J connectivity index is 1.42. The maximum absolute atomic E-state index is 12.3. The van der Waals surface area contributed by atoms with Crippen LogP contribution in [-0.2, 0) is 20.8 Å². The Morgan fingerprint density at radius 1 is 1.37 bits per heavy atom. The maximum atomic E-state index is 12.3. The summed E-state index contributed by atoms with van der Waals surface area (Å²) in [5, 5.41) is 22.3. The Morgan fingerprint density at radius 3 is 2.89 bits per heavy atom. The van der Waals surface area contributed by atoms with Gasteiger partial charge in [0.1, 0.15) is 11.8 Å². The molecule has 2 fully saturated rings. The van der Waals surface area contributed by atoms with E-state index in [9.17, 15) is 19.5 Å². The van der Waals surface area contributed by atoms with Gasteiger partial charge in [0.15, 0.2) is 5.15 Å². The number of nitrogens with zero attached hydrogens (tertiary/aromatic N) is 1. The lowest BCUT2D eigenvalue weighted by molar-refractivity contribution is -0.131. The maximum Gasteiger partial charge on any atom is 0.242 e. The largest absolute Gasteiger partial charge is 0.391 e. The summed E-state index contributed by atoms with van der Waals surface area (Å²) in [6.07, 6.45) is 2.34. The Hall–Kier alpha value is -2.13. The first-order valence-corrected chi connectivity index (χ1v) is 9.47. The topological polar surface area (TPSA) is 134 Å². The average molecular weight is 399 g/mol. The molecular formula is C17H23ClN4O5. The molecule has 0 spiro atoms. The monoisotopic (exact) mass is 398 g/mol. The number of carbonyl (C=O) groups excluding carboxylic acids is 3. The number of aryl methyl sites for hydroxylation is 1. The van der Waals surface area contributed by atoms with Crippen LogP contribution in [0.4, 0.5) is 0 Å². The zero-order valence-electron chi connectivity index (χ0n) is 14.7. The Morgan fingerprint density at radius 2 is 2.19 bits per heavy atom. The van der Waals surface area contributed by atoms with E-state index in [0.29, 0.717) is 44.3 Å². The lowest BCUT2D eigenvalue weighted by Gasteiger charge is -2.24. The number of nitrogens with one attached hydrogen (secondary N) is 3. The van der Waals surface area contributed by atoms with Crippen LogP contribution in [0.25, 0.3) is 0 Å². The van der Waals surface area contributed by atoms with E-state index in [1.165, 1.54) is 0 Å². The van der Waals surface area contributed by atoms with Crippen LogP contribution < -0.4 is 16.0 Å². The van der Waals surface area contributed by atoms with Crippen LogP contribution in [0.1, 0.15) is 44.3 Å². The molecule has 1 aliphatic carbocycles. The molecule has 148 valence electrons. The normalized spacial score (nSPS) is 27.9. The molecule has 2 aliphatic rings. The highest BCUT2D eigenvalue weighted by molar-refractivity contribution is 6.29. The van der Waals surface area contributed by atoms with E-state index >= 15 is 0 Å². The molecule has 0 aromatic carbocycles. The van der Waals surface area contributed by atoms with Gasteiger partial charge in [0.2, 0.25) is 17.7 Å². The van der Waals surface area contributed by atoms with Crippen LogP contribution >= 0.6 is 11.6 Å². The number of aromatic nitrogens is 1. The minimum Gasteiger partial charge on any atom is -0.391 e. The Labute approximate surface area is 161 Å². The first-order chi connectivity index (χ1) is 12.9. The minimum atomic E-state index is -0.736. The SMILES string of the molecule is O=C1CCC[C@H](C(=O)N[C@H]2C[C@@H](O)[C@H](NC(=O)CCc3cc(Cl)no3)C2)N1. The molecule has 27 heavy (non-hydrogen) atoms. The smallest absolute Gasteiger partial charge is 0.242 e. The van der Waals surface area contributed by atoms with Crippen molar-refractivity contribution in [3.63, 3.8) is 0 Å². The number of aliphatic hydroxyl groups excluding tert-OH is 1. The van der Waals surface area contributed by atoms with Gasteiger partial charge < -0.3 is 25.6 Å². The standard InChI is InChI=1S/C17H23ClN4O5/c18-14-8-10(27-22-14)4-5-16(25)21-12-6-9(7-13(12)23)19-17(26)11-2-1-3-15(24)20-11/h8-9,11-13,23H,1-7H2,(H,19,26)(H,20,24)(H,21,25)/t9-,11-,12-,13-/m1/s1. The second-order valence-corrected chi connectivity index (χ2v) is 7.43. The van der Waals surface area contributed by atoms with Crippen molar-refractivity contribution in [1.29, 1.82) is 0 Å². The molecule has 0 unspecified atom stereocenters. The summed E-state index contributed by atoms with van der Waals surface area (Å²) in [5.74, 6) is -0.0691. The summed E-state index contributed by atoms with van der Waals surface area (Å²) >= 11 is 5.66. The molecule has 3 rings (SSSR count). The zero-order valence-corrected chi connectivity index (χ0v) is 15.5. The van der Waals surface area contributed by atoms with Crippen LogP contribution in [0, 0.1) is 0 Å². The summed E-state index contributed by atoms with van der Waals surface area (Å²) in [7, 11) is 0. The number of carbonyl (C=O) groups is 3. The van der Waals surface area contributed by atoms with Gasteiger partial charge in [-0.3, -0.25) is 14.4 Å². The third kappa shape index (κ3) is 5.43. The van der Waals surface area contributed by atoms with E-state index in [2.05, 4.69) is 21.1 Å². The molecule has 4 atom stereocenters. The number of aliphatic hydroxyl groups is 1. The quantitative estimate of drug-likeness (QED) is 0.535. The number of amides is 3. The van der Waals surface area contributed by atoms with Crippen LogP contribution in [0.2, 0.25) is 5.15 Å². The predicted octanol–water partition coefficient (Wildman–Crippen LogP) is 0.0536. The molecule has 2 heterocycles. The van der Waals surface area contributed by atoms with Gasteiger partial charge in [0.25, 0.3) is 0 Å². The van der Waals surface area contributed by atoms with Crippen molar-refractivity contribution in [3.8, 4) is 0 Å². The lowest BCUT2D eigenvalue weighted by atomic mass is 10.0. The van der Waals surface area contributed by atoms with Gasteiger partial charge >= 0.3 is 0 Å². The van der Waals surface area contributed by atoms with Crippen LogP contribution in [0.15, 0.2) is 10.6 Å². The summed E-state index contributed by atoms with van der Waals surface area (Å²) in [4.78, 5) is 35.8. The van der Waals surface area contributed by atoms with E-state index < -0.39 is 18.2 Å². The Bertz CT molecular complexity index is 709. The molecule has 1 aromatic rings. The highest BCUT2D eigenvalue weighted by Gasteiger charge is 2.36. The summed E-state index contributed by atoms with van der Waals surface area (Å²) in [6.45, 7) is 0. The van der Waals surface area contributed by atoms with Crippen molar-refractivity contribution in [2.45, 2.75) is 69.2 Å². The first-order valence-electron chi connectivity index (χ1n) is 9.09. The first kappa shape index (κ1) is 19.6. The van der Waals surface area contributed by atoms with Gasteiger partial charge in [0.05, 0.1) is 12.1 Å². The van der Waals surface area contributed by atoms with E-state index in [-0.39, 0.29) is 35.3 Å². The summed E-state index contributed by atoms with van der Waals surface area (Å²) in [5.41, 5.74) is 0. The second-order valence-electron chi connectivity index (χ2n) is 7.05. The highest BCUT2D eigenvalue weighted by Crippen LogP contribution is 2.21. The molecule has 3 amide bonds. The number of hydrogen-bond donors (Lipinski definition) is 4. The van der Waals surface area contributed by atoms with Gasteiger partial charge in [-0.25, -0.2) is 0 Å². The van der Waals surface area contributed by atoms with Gasteiger partial charge in [0, 0.05) is 31.4 Å². The molecule has 9 nitrogen and oxygen atoms in total. The molecule has 1 aromatic heterocycles. The number of piperidine rings is 1. The third-order valence-electron chi connectivity index (χ3n) is 4.90. The average Bonchev–Trinajstić information content (AvgIpc) is 3.18. The van der Waals surface area contributed by atoms with E-state index in [0.717, 1.165) is 0 Å². The van der Waals surface area contributed by atoms with Crippen molar-refractivity contribution in [3.05, 3.63) is 17.0 Å². The third-order valence-corrected chi connectivity index (χ3v) is 5.08. The van der Waals surface area contributed by atoms with Gasteiger partial charge in [-0.2, -0.15) is 0 Å². The molecule has 0 bridgehead atoms. The van der Waals surface area contributed by atoms with E-state index in [1.807, 2.05) is 0 Å². The van der Waals surface area contributed by atoms with Crippen LogP contribution in [0.5, 0.6) is 0 Å². The number of hydrogen-bond acceptors (Lipinski definition) is 6. The molecule has 0 radical (unpaired) electrons. The second kappa shape index (κ2) is 8.71. The molecular weight excluding hydrogens is 376 g/mol. The van der Waals surface area contributed by atoms with Crippen molar-refractivity contribution in [2.75, 3.05) is 0 Å². The molecule has 1 saturated carbocycles. The van der Waals surface area contributed by atoms with Gasteiger partial charge in [-0.15, -0.1) is 0 Å². The highest BCUT2D eigenvalue weighted by atomic mass is 35.5. The fourth-order valence-electron chi connectivity index (χ4n) is 3.51. The van der Waals surface area contributed by atoms with E-state index in [1.54, 1.807) is 6.07 Å². The predicted molar refractivity (Wildman–Crippen MR) is 94.7 cm³/mol. The minimum absolute atomic E-state index is 0.119. The fourth-order valence-corrected chi connectivity index (χ4v) is 3.67. The van der Waals surface area contributed by atoms with Crippen molar-refractivity contribution in [2.24, 2.45) is 0 Å². The number of rotatable bonds is 6. The van der Waals surface area contributed by atoms with Crippen molar-refractivity contribution in [1.82, 2.24) is 21.1 Å². The summed E-state index contributed by atoms with van der Waals surface area (Å²) in [6, 6.07) is 0.354. The van der Waals surface area contributed by atoms with Crippen molar-refractivity contribution < 1.29 is 24.0 Å². The lowest BCUT2D eigenvalue weighted by Crippen LogP contribution is -2.51. The number of halogens is 1.